The molecule has 0 aliphatic rings. The molecule has 1 unspecified atom stereocenters. The molecule has 0 spiro atoms. The van der Waals surface area contributed by atoms with Gasteiger partial charge in [0, 0.05) is 11.1 Å². The number of nitrogens with zero attached hydrogens (tertiary/aromatic N) is 1. The van der Waals surface area contributed by atoms with Crippen molar-refractivity contribution in [1.29, 1.82) is 0 Å². The second kappa shape index (κ2) is 5.67. The molecule has 2 heterocycles. The van der Waals surface area contributed by atoms with Gasteiger partial charge in [0.15, 0.2) is 9.90 Å². The summed E-state index contributed by atoms with van der Waals surface area (Å²) in [6.45, 7) is 3.04. The molecule has 0 aliphatic carbocycles. The molecule has 21 heavy (non-hydrogen) atoms. The van der Waals surface area contributed by atoms with Crippen molar-refractivity contribution in [3.8, 4) is 0 Å². The molecule has 0 aliphatic heterocycles. The van der Waals surface area contributed by atoms with Gasteiger partial charge in [-0.1, -0.05) is 11.3 Å². The summed E-state index contributed by atoms with van der Waals surface area (Å²) in [6.07, 6.45) is 0. The number of rotatable bonds is 5. The first-order valence-corrected chi connectivity index (χ1v) is 8.79. The number of aromatic amines is 1. The summed E-state index contributed by atoms with van der Waals surface area (Å²) in [7, 11) is -3.87. The Morgan fingerprint density at radius 3 is 2.67 bits per heavy atom. The van der Waals surface area contributed by atoms with Crippen LogP contribution in [0.1, 0.15) is 34.2 Å². The van der Waals surface area contributed by atoms with Gasteiger partial charge in [-0.05, 0) is 13.8 Å². The number of aromatic carboxylic acids is 1. The second-order valence-corrected chi connectivity index (χ2v) is 7.93. The Morgan fingerprint density at radius 2 is 2.19 bits per heavy atom. The lowest BCUT2D eigenvalue weighted by Gasteiger charge is -2.10. The number of hydrogen-bond acceptors (Lipinski definition) is 7. The maximum absolute atomic E-state index is 12.2. The van der Waals surface area contributed by atoms with Crippen molar-refractivity contribution >= 4 is 38.7 Å². The highest BCUT2D eigenvalue weighted by Crippen LogP contribution is 2.22. The van der Waals surface area contributed by atoms with Crippen LogP contribution in [-0.4, -0.2) is 29.5 Å². The maximum atomic E-state index is 12.2. The highest BCUT2D eigenvalue weighted by atomic mass is 32.2. The summed E-state index contributed by atoms with van der Waals surface area (Å²) in [6, 6.07) is -0.704. The summed E-state index contributed by atoms with van der Waals surface area (Å²) in [5, 5.41) is 10.5. The summed E-state index contributed by atoms with van der Waals surface area (Å²) >= 11 is 1.64. The topological polar surface area (TPSA) is 129 Å². The van der Waals surface area contributed by atoms with E-state index >= 15 is 0 Å². The average Bonchev–Trinajstić information content (AvgIpc) is 2.95. The smallest absolute Gasteiger partial charge is 0.355 e. The number of carbonyl (C=O) groups is 1. The fourth-order valence-electron chi connectivity index (χ4n) is 1.57. The number of aromatic nitrogens is 2. The normalized spacial score (nSPS) is 13.2. The van der Waals surface area contributed by atoms with Gasteiger partial charge in [0.05, 0.1) is 6.04 Å². The first-order chi connectivity index (χ1) is 9.70. The Balaban J connectivity index is 2.25. The van der Waals surface area contributed by atoms with Gasteiger partial charge < -0.3 is 10.1 Å². The van der Waals surface area contributed by atoms with E-state index in [1.807, 2.05) is 0 Å². The Labute approximate surface area is 127 Å². The van der Waals surface area contributed by atoms with Crippen LogP contribution >= 0.6 is 22.7 Å². The van der Waals surface area contributed by atoms with Gasteiger partial charge in [0.25, 0.3) is 10.0 Å². The third-order valence-corrected chi connectivity index (χ3v) is 6.64. The van der Waals surface area contributed by atoms with Crippen LogP contribution in [0.2, 0.25) is 0 Å². The van der Waals surface area contributed by atoms with Crippen molar-refractivity contribution in [3.05, 3.63) is 31.4 Å². The molecule has 1 atom stereocenters. The Bertz CT molecular complexity index is 832. The van der Waals surface area contributed by atoms with Crippen molar-refractivity contribution in [2.75, 3.05) is 0 Å². The van der Waals surface area contributed by atoms with Gasteiger partial charge >= 0.3 is 10.8 Å². The summed E-state index contributed by atoms with van der Waals surface area (Å²) in [4.78, 5) is 27.7. The van der Waals surface area contributed by atoms with Crippen LogP contribution < -0.4 is 9.60 Å². The van der Waals surface area contributed by atoms with Gasteiger partial charge in [0.1, 0.15) is 5.01 Å². The molecule has 0 amide bonds. The number of aryl methyl sites for hydroxylation is 1. The van der Waals surface area contributed by atoms with Gasteiger partial charge in [-0.25, -0.2) is 22.9 Å². The van der Waals surface area contributed by atoms with E-state index in [2.05, 4.69) is 14.7 Å². The first kappa shape index (κ1) is 15.8. The SMILES string of the molecule is Cc1[nH]c(=O)sc1S(=O)(=O)NC(C)c1nc(C(=O)O)cs1. The average molecular weight is 349 g/mol. The third-order valence-electron chi connectivity index (χ3n) is 2.47. The van der Waals surface area contributed by atoms with Crippen LogP contribution in [0.3, 0.4) is 0 Å². The third kappa shape index (κ3) is 3.37. The lowest BCUT2D eigenvalue weighted by molar-refractivity contribution is 0.0691. The quantitative estimate of drug-likeness (QED) is 0.736. The number of thiazole rings is 2. The maximum Gasteiger partial charge on any atom is 0.355 e. The van der Waals surface area contributed by atoms with Crippen molar-refractivity contribution in [2.24, 2.45) is 0 Å². The van der Waals surface area contributed by atoms with E-state index in [0.29, 0.717) is 16.3 Å². The van der Waals surface area contributed by atoms with Crippen molar-refractivity contribution in [1.82, 2.24) is 14.7 Å². The molecule has 2 aromatic rings. The van der Waals surface area contributed by atoms with E-state index in [4.69, 9.17) is 5.11 Å². The van der Waals surface area contributed by atoms with E-state index in [0.717, 1.165) is 11.3 Å². The Morgan fingerprint density at radius 1 is 1.52 bits per heavy atom. The van der Waals surface area contributed by atoms with E-state index in [1.54, 1.807) is 6.92 Å². The molecular formula is C10H11N3O5S3. The minimum absolute atomic E-state index is 0.0886. The molecule has 0 saturated heterocycles. The van der Waals surface area contributed by atoms with Crippen LogP contribution in [-0.2, 0) is 10.0 Å². The molecule has 0 saturated carbocycles. The molecule has 0 bridgehead atoms. The first-order valence-electron chi connectivity index (χ1n) is 5.61. The molecule has 11 heteroatoms. The van der Waals surface area contributed by atoms with Crippen molar-refractivity contribution < 1.29 is 18.3 Å². The van der Waals surface area contributed by atoms with Gasteiger partial charge in [-0.15, -0.1) is 11.3 Å². The predicted molar refractivity (Wildman–Crippen MR) is 77.5 cm³/mol. The monoisotopic (exact) mass is 349 g/mol. The molecule has 8 nitrogen and oxygen atoms in total. The van der Waals surface area contributed by atoms with Crippen LogP contribution in [0.15, 0.2) is 14.4 Å². The van der Waals surface area contributed by atoms with Gasteiger partial charge in [-0.3, -0.25) is 4.79 Å². The van der Waals surface area contributed by atoms with Gasteiger partial charge in [0.2, 0.25) is 0 Å². The number of H-pyrrole nitrogens is 1. The van der Waals surface area contributed by atoms with Gasteiger partial charge in [-0.2, -0.15) is 0 Å². The van der Waals surface area contributed by atoms with E-state index < -0.39 is 26.9 Å². The lowest BCUT2D eigenvalue weighted by atomic mass is 10.4. The molecule has 2 aromatic heterocycles. The molecule has 114 valence electrons. The minimum atomic E-state index is -3.87. The van der Waals surface area contributed by atoms with Crippen LogP contribution in [0.5, 0.6) is 0 Å². The number of sulfonamides is 1. The predicted octanol–water partition coefficient (Wildman–Crippen LogP) is 0.939. The number of carboxylic acid groups (broad SMARTS) is 1. The van der Waals surface area contributed by atoms with Crippen molar-refractivity contribution in [3.63, 3.8) is 0 Å². The zero-order chi connectivity index (χ0) is 15.8. The zero-order valence-corrected chi connectivity index (χ0v) is 13.4. The minimum Gasteiger partial charge on any atom is -0.476 e. The molecular weight excluding hydrogens is 338 g/mol. The second-order valence-electron chi connectivity index (χ2n) is 4.15. The van der Waals surface area contributed by atoms with Crippen LogP contribution in [0.25, 0.3) is 0 Å². The van der Waals surface area contributed by atoms with Crippen molar-refractivity contribution in [2.45, 2.75) is 24.1 Å². The number of hydrogen-bond donors (Lipinski definition) is 3. The highest BCUT2D eigenvalue weighted by Gasteiger charge is 2.25. The summed E-state index contributed by atoms with van der Waals surface area (Å²) in [5.41, 5.74) is 0.124. The molecule has 3 N–H and O–H groups in total. The summed E-state index contributed by atoms with van der Waals surface area (Å²) in [5.74, 6) is -1.17. The molecule has 0 radical (unpaired) electrons. The van der Waals surface area contributed by atoms with E-state index in [9.17, 15) is 18.0 Å². The molecule has 0 fully saturated rings. The fraction of sp³-hybridized carbons (Fsp3) is 0.300. The molecule has 0 aromatic carbocycles. The molecule has 2 rings (SSSR count). The standard InChI is InChI=1S/C10H11N3O5S3/c1-4(7-12-6(3-19-7)8(14)15)13-21(17,18)9-5(2)11-10(16)20-9/h3-4,13H,1-2H3,(H,11,16)(H,14,15). The number of nitrogens with one attached hydrogen (secondary N) is 2. The zero-order valence-electron chi connectivity index (χ0n) is 10.9. The lowest BCUT2D eigenvalue weighted by Crippen LogP contribution is -2.26. The highest BCUT2D eigenvalue weighted by molar-refractivity contribution is 7.91. The Hall–Kier alpha value is -1.56. The number of carboxylic acids is 1. The summed E-state index contributed by atoms with van der Waals surface area (Å²) < 4.78 is 26.7. The largest absolute Gasteiger partial charge is 0.476 e. The van der Waals surface area contributed by atoms with E-state index in [-0.39, 0.29) is 15.6 Å². The van der Waals surface area contributed by atoms with Crippen LogP contribution in [0, 0.1) is 6.92 Å². The van der Waals surface area contributed by atoms with Crippen LogP contribution in [0.4, 0.5) is 0 Å². The Kier molecular flexibility index (Phi) is 4.27. The van der Waals surface area contributed by atoms with E-state index in [1.165, 1.54) is 12.3 Å². The fourth-order valence-corrected chi connectivity index (χ4v) is 4.97.